The van der Waals surface area contributed by atoms with Gasteiger partial charge >= 0.3 is 6.09 Å². The summed E-state index contributed by atoms with van der Waals surface area (Å²) >= 11 is 1.29. The van der Waals surface area contributed by atoms with E-state index in [0.717, 1.165) is 16.7 Å². The molecule has 1 N–H and O–H groups in total. The van der Waals surface area contributed by atoms with E-state index in [0.29, 0.717) is 28.6 Å². The molecule has 2 aromatic heterocycles. The van der Waals surface area contributed by atoms with Crippen LogP contribution in [0.4, 0.5) is 4.79 Å². The Kier molecular flexibility index (Phi) is 6.40. The molecule has 2 heterocycles. The second-order valence-corrected chi connectivity index (χ2v) is 9.73. The fraction of sp³-hybridized carbons (Fsp3) is 0.476. The van der Waals surface area contributed by atoms with Crippen LogP contribution in [0.3, 0.4) is 0 Å². The molecule has 1 aromatic carbocycles. The molecule has 166 valence electrons. The number of benzene rings is 1. The summed E-state index contributed by atoms with van der Waals surface area (Å²) in [6, 6.07) is 6.08. The molecule has 0 radical (unpaired) electrons. The fourth-order valence-electron chi connectivity index (χ4n) is 2.79. The third-order valence-electron chi connectivity index (χ3n) is 4.03. The molecule has 31 heavy (non-hydrogen) atoms. The number of aromatic nitrogens is 4. The molecule has 0 spiro atoms. The van der Waals surface area contributed by atoms with Crippen LogP contribution in [0.2, 0.25) is 0 Å². The fourth-order valence-corrected chi connectivity index (χ4v) is 3.39. The Bertz CT molecular complexity index is 1050. The highest BCUT2D eigenvalue weighted by molar-refractivity contribution is 7.98. The molecule has 0 fully saturated rings. The molecule has 0 aliphatic rings. The van der Waals surface area contributed by atoms with Crippen molar-refractivity contribution < 1.29 is 18.5 Å². The monoisotopic (exact) mass is 445 g/mol. The molecule has 0 saturated carbocycles. The molecule has 0 aliphatic heterocycles. The van der Waals surface area contributed by atoms with Crippen molar-refractivity contribution in [1.29, 1.82) is 0 Å². The first-order chi connectivity index (χ1) is 14.4. The number of amides is 1. The molecule has 9 nitrogen and oxygen atoms in total. The Morgan fingerprint density at radius 3 is 2.42 bits per heavy atom. The maximum atomic E-state index is 12.1. The molecule has 3 aromatic rings. The quantitative estimate of drug-likeness (QED) is 0.534. The van der Waals surface area contributed by atoms with Gasteiger partial charge in [-0.15, -0.1) is 10.2 Å². The summed E-state index contributed by atoms with van der Waals surface area (Å²) in [5.74, 6) is 1.54. The minimum Gasteiger partial charge on any atom is -0.444 e. The van der Waals surface area contributed by atoms with Crippen LogP contribution in [-0.4, -0.2) is 32.0 Å². The van der Waals surface area contributed by atoms with Crippen LogP contribution < -0.4 is 5.32 Å². The highest BCUT2D eigenvalue weighted by atomic mass is 32.2. The van der Waals surface area contributed by atoms with E-state index >= 15 is 0 Å². The van der Waals surface area contributed by atoms with E-state index in [1.165, 1.54) is 11.8 Å². The standard InChI is InChI=1S/C21H27N5O4S/c1-12-8-13(2)10-14(9-12)16-24-25-19(28-16)31-11-15-22-17(26-30-15)21(6,7)23-18(27)29-20(3,4)5/h8-10H,11H2,1-7H3,(H,23,27). The number of hydrogen-bond donors (Lipinski definition) is 1. The zero-order valence-corrected chi connectivity index (χ0v) is 19.6. The summed E-state index contributed by atoms with van der Waals surface area (Å²) in [5.41, 5.74) is 1.67. The van der Waals surface area contributed by atoms with Crippen molar-refractivity contribution in [3.8, 4) is 11.5 Å². The smallest absolute Gasteiger partial charge is 0.408 e. The van der Waals surface area contributed by atoms with Gasteiger partial charge in [-0.3, -0.25) is 0 Å². The highest BCUT2D eigenvalue weighted by Crippen LogP contribution is 2.27. The lowest BCUT2D eigenvalue weighted by Gasteiger charge is -2.26. The highest BCUT2D eigenvalue weighted by Gasteiger charge is 2.31. The van der Waals surface area contributed by atoms with Gasteiger partial charge in [-0.25, -0.2) is 4.79 Å². The maximum absolute atomic E-state index is 12.1. The minimum absolute atomic E-state index is 0.343. The number of nitrogens with zero attached hydrogens (tertiary/aromatic N) is 4. The van der Waals surface area contributed by atoms with Crippen molar-refractivity contribution in [2.45, 2.75) is 70.6 Å². The van der Waals surface area contributed by atoms with Gasteiger partial charge in [0.1, 0.15) is 11.1 Å². The van der Waals surface area contributed by atoms with Gasteiger partial charge in [-0.2, -0.15) is 4.98 Å². The van der Waals surface area contributed by atoms with E-state index in [9.17, 15) is 4.79 Å². The SMILES string of the molecule is Cc1cc(C)cc(-c2nnc(SCc3nc(C(C)(C)NC(=O)OC(C)(C)C)no3)o2)c1. The van der Waals surface area contributed by atoms with Crippen molar-refractivity contribution in [2.24, 2.45) is 0 Å². The van der Waals surface area contributed by atoms with Crippen LogP contribution in [0, 0.1) is 13.8 Å². The molecule has 1 amide bonds. The van der Waals surface area contributed by atoms with Crippen LogP contribution in [-0.2, 0) is 16.0 Å². The first kappa shape index (κ1) is 22.8. The topological polar surface area (TPSA) is 116 Å². The number of hydrogen-bond acceptors (Lipinski definition) is 9. The number of alkyl carbamates (subject to hydrolysis) is 1. The largest absolute Gasteiger partial charge is 0.444 e. The number of carbonyl (C=O) groups is 1. The molecule has 0 atom stereocenters. The third-order valence-corrected chi connectivity index (χ3v) is 4.84. The molecule has 0 bridgehead atoms. The number of aryl methyl sites for hydroxylation is 2. The number of carbonyl (C=O) groups excluding carboxylic acids is 1. The van der Waals surface area contributed by atoms with Crippen molar-refractivity contribution in [1.82, 2.24) is 25.7 Å². The Hall–Kier alpha value is -2.88. The Balaban J connectivity index is 1.61. The second-order valence-electron chi connectivity index (χ2n) is 8.80. The van der Waals surface area contributed by atoms with E-state index in [2.05, 4.69) is 31.7 Å². The van der Waals surface area contributed by atoms with E-state index in [4.69, 9.17) is 13.7 Å². The van der Waals surface area contributed by atoms with Crippen LogP contribution in [0.5, 0.6) is 0 Å². The Morgan fingerprint density at radius 2 is 1.77 bits per heavy atom. The van der Waals surface area contributed by atoms with Crippen molar-refractivity contribution in [2.75, 3.05) is 0 Å². The van der Waals surface area contributed by atoms with Crippen LogP contribution >= 0.6 is 11.8 Å². The van der Waals surface area contributed by atoms with Gasteiger partial charge in [0.25, 0.3) is 5.22 Å². The van der Waals surface area contributed by atoms with Gasteiger partial charge in [-0.05, 0) is 60.6 Å². The maximum Gasteiger partial charge on any atom is 0.408 e. The predicted molar refractivity (Wildman–Crippen MR) is 115 cm³/mol. The third kappa shape index (κ3) is 6.30. The van der Waals surface area contributed by atoms with Crippen LogP contribution in [0.25, 0.3) is 11.5 Å². The van der Waals surface area contributed by atoms with Gasteiger partial charge in [-0.1, -0.05) is 34.1 Å². The summed E-state index contributed by atoms with van der Waals surface area (Å²) < 4.78 is 16.4. The summed E-state index contributed by atoms with van der Waals surface area (Å²) in [4.78, 5) is 16.5. The van der Waals surface area contributed by atoms with Gasteiger partial charge in [0.2, 0.25) is 11.8 Å². The molecule has 0 unspecified atom stereocenters. The molecule has 0 saturated heterocycles. The van der Waals surface area contributed by atoms with E-state index in [1.54, 1.807) is 34.6 Å². The Morgan fingerprint density at radius 1 is 1.10 bits per heavy atom. The molecule has 3 rings (SSSR count). The lowest BCUT2D eigenvalue weighted by atomic mass is 10.1. The summed E-state index contributed by atoms with van der Waals surface area (Å²) in [6.45, 7) is 13.0. The lowest BCUT2D eigenvalue weighted by molar-refractivity contribution is 0.0465. The average Bonchev–Trinajstić information content (AvgIpc) is 3.27. The zero-order chi connectivity index (χ0) is 22.8. The van der Waals surface area contributed by atoms with Gasteiger partial charge in [0.05, 0.1) is 5.75 Å². The first-order valence-electron chi connectivity index (χ1n) is 9.80. The van der Waals surface area contributed by atoms with Crippen molar-refractivity contribution in [3.63, 3.8) is 0 Å². The molecule has 10 heteroatoms. The number of rotatable bonds is 6. The first-order valence-corrected chi connectivity index (χ1v) is 10.8. The predicted octanol–water partition coefficient (Wildman–Crippen LogP) is 4.79. The van der Waals surface area contributed by atoms with E-state index in [-0.39, 0.29) is 0 Å². The number of nitrogens with one attached hydrogen (secondary N) is 1. The summed E-state index contributed by atoms with van der Waals surface area (Å²) in [7, 11) is 0. The number of ether oxygens (including phenoxy) is 1. The summed E-state index contributed by atoms with van der Waals surface area (Å²) in [5, 5.41) is 15.3. The summed E-state index contributed by atoms with van der Waals surface area (Å²) in [6.07, 6.45) is -0.553. The van der Waals surface area contributed by atoms with E-state index in [1.807, 2.05) is 26.0 Å². The average molecular weight is 446 g/mol. The number of thioether (sulfide) groups is 1. The molecule has 0 aliphatic carbocycles. The second kappa shape index (κ2) is 8.70. The van der Waals surface area contributed by atoms with Crippen molar-refractivity contribution in [3.05, 3.63) is 41.0 Å². The van der Waals surface area contributed by atoms with Gasteiger partial charge in [0, 0.05) is 5.56 Å². The zero-order valence-electron chi connectivity index (χ0n) is 18.8. The van der Waals surface area contributed by atoms with Crippen LogP contribution in [0.1, 0.15) is 57.5 Å². The Labute approximate surface area is 185 Å². The lowest BCUT2D eigenvalue weighted by Crippen LogP contribution is -2.44. The van der Waals surface area contributed by atoms with Gasteiger partial charge in [0.15, 0.2) is 5.82 Å². The van der Waals surface area contributed by atoms with E-state index < -0.39 is 17.2 Å². The van der Waals surface area contributed by atoms with Crippen molar-refractivity contribution >= 4 is 17.9 Å². The normalized spacial score (nSPS) is 12.1. The molecular weight excluding hydrogens is 418 g/mol. The van der Waals surface area contributed by atoms with Crippen LogP contribution in [0.15, 0.2) is 32.4 Å². The van der Waals surface area contributed by atoms with Gasteiger partial charge < -0.3 is 19.0 Å². The molecular formula is C21H27N5O4S. The minimum atomic E-state index is -0.866.